The Bertz CT molecular complexity index is 1230. The quantitative estimate of drug-likeness (QED) is 0.473. The molecule has 0 saturated carbocycles. The molecule has 5 nitrogen and oxygen atoms in total. The summed E-state index contributed by atoms with van der Waals surface area (Å²) >= 11 is 0. The van der Waals surface area contributed by atoms with Gasteiger partial charge in [-0.05, 0) is 67.1 Å². The molecule has 30 heavy (non-hydrogen) atoms. The van der Waals surface area contributed by atoms with Crippen molar-refractivity contribution in [2.24, 2.45) is 0 Å². The maximum atomic E-state index is 13.0. The summed E-state index contributed by atoms with van der Waals surface area (Å²) in [6, 6.07) is 17.3. The number of aryl methyl sites for hydroxylation is 1. The lowest BCUT2D eigenvalue weighted by atomic mass is 10.1. The summed E-state index contributed by atoms with van der Waals surface area (Å²) < 4.78 is 20.1. The summed E-state index contributed by atoms with van der Waals surface area (Å²) in [4.78, 5) is 17.0. The lowest BCUT2D eigenvalue weighted by molar-refractivity contribution is -0.111. The fraction of sp³-hybridized carbons (Fsp3) is 0.0833. The summed E-state index contributed by atoms with van der Waals surface area (Å²) in [6.07, 6.45) is 4.90. The van der Waals surface area contributed by atoms with Crippen molar-refractivity contribution in [1.29, 1.82) is 0 Å². The molecule has 2 aromatic carbocycles. The molecule has 1 N–H and O–H groups in total. The topological polar surface area (TPSA) is 55.6 Å². The monoisotopic (exact) mass is 401 g/mol. The standard InChI is InChI=1S/C24H20FN3O2/c1-16-24(18-6-11-21(30-2)12-7-18)27-22-13-10-20(15-28(16)22)26-23(29)14-5-17-3-8-19(25)9-4-17/h3-15H,1-2H3,(H,26,29)/b14-5+. The maximum absolute atomic E-state index is 13.0. The zero-order valence-corrected chi connectivity index (χ0v) is 16.6. The minimum absolute atomic E-state index is 0.271. The van der Waals surface area contributed by atoms with Gasteiger partial charge in [0.25, 0.3) is 0 Å². The number of fused-ring (bicyclic) bond motifs is 1. The SMILES string of the molecule is COc1ccc(-c2nc3ccc(NC(=O)/C=C/c4ccc(F)cc4)cn3c2C)cc1. The van der Waals surface area contributed by atoms with Gasteiger partial charge in [-0.3, -0.25) is 4.79 Å². The van der Waals surface area contributed by atoms with E-state index in [9.17, 15) is 9.18 Å². The molecule has 4 aromatic rings. The number of halogens is 1. The zero-order valence-electron chi connectivity index (χ0n) is 16.6. The number of benzene rings is 2. The second-order valence-electron chi connectivity index (χ2n) is 6.79. The average molecular weight is 401 g/mol. The average Bonchev–Trinajstić information content (AvgIpc) is 3.09. The van der Waals surface area contributed by atoms with Crippen molar-refractivity contribution in [3.63, 3.8) is 0 Å². The molecule has 2 heterocycles. The van der Waals surface area contributed by atoms with E-state index in [4.69, 9.17) is 9.72 Å². The lowest BCUT2D eigenvalue weighted by Crippen LogP contribution is -2.08. The van der Waals surface area contributed by atoms with Crippen molar-refractivity contribution in [3.8, 4) is 17.0 Å². The Morgan fingerprint density at radius 2 is 1.80 bits per heavy atom. The van der Waals surface area contributed by atoms with Crippen molar-refractivity contribution in [2.45, 2.75) is 6.92 Å². The molecule has 150 valence electrons. The van der Waals surface area contributed by atoms with Crippen LogP contribution < -0.4 is 10.1 Å². The first-order valence-corrected chi connectivity index (χ1v) is 9.41. The van der Waals surface area contributed by atoms with Gasteiger partial charge in [0.2, 0.25) is 5.91 Å². The van der Waals surface area contributed by atoms with Gasteiger partial charge in [0.1, 0.15) is 17.2 Å². The number of hydrogen-bond acceptors (Lipinski definition) is 3. The molecule has 0 saturated heterocycles. The Balaban J connectivity index is 1.54. The molecule has 0 unspecified atom stereocenters. The van der Waals surface area contributed by atoms with E-state index in [1.807, 2.05) is 53.9 Å². The number of aromatic nitrogens is 2. The molecule has 0 aliphatic carbocycles. The minimum atomic E-state index is -0.311. The van der Waals surface area contributed by atoms with Crippen molar-refractivity contribution >= 4 is 23.3 Å². The highest BCUT2D eigenvalue weighted by molar-refractivity contribution is 6.01. The molecule has 1 amide bonds. The van der Waals surface area contributed by atoms with E-state index in [2.05, 4.69) is 5.32 Å². The van der Waals surface area contributed by atoms with E-state index < -0.39 is 0 Å². The van der Waals surface area contributed by atoms with Crippen molar-refractivity contribution < 1.29 is 13.9 Å². The number of carbonyl (C=O) groups is 1. The van der Waals surface area contributed by atoms with Gasteiger partial charge in [-0.25, -0.2) is 9.37 Å². The molecule has 0 atom stereocenters. The summed E-state index contributed by atoms with van der Waals surface area (Å²) in [7, 11) is 1.63. The summed E-state index contributed by atoms with van der Waals surface area (Å²) in [5.74, 6) is 0.209. The van der Waals surface area contributed by atoms with Crippen molar-refractivity contribution in [1.82, 2.24) is 9.38 Å². The number of amides is 1. The Morgan fingerprint density at radius 3 is 2.50 bits per heavy atom. The van der Waals surface area contributed by atoms with Crippen LogP contribution in [-0.2, 0) is 4.79 Å². The van der Waals surface area contributed by atoms with Crippen LogP contribution in [0.25, 0.3) is 23.0 Å². The fourth-order valence-corrected chi connectivity index (χ4v) is 3.19. The summed E-state index contributed by atoms with van der Waals surface area (Å²) in [6.45, 7) is 1.99. The number of ether oxygens (including phenoxy) is 1. The van der Waals surface area contributed by atoms with Gasteiger partial charge in [-0.2, -0.15) is 0 Å². The van der Waals surface area contributed by atoms with Gasteiger partial charge in [-0.1, -0.05) is 12.1 Å². The molecule has 0 fully saturated rings. The highest BCUT2D eigenvalue weighted by atomic mass is 19.1. The fourth-order valence-electron chi connectivity index (χ4n) is 3.19. The number of anilines is 1. The Morgan fingerprint density at radius 1 is 1.07 bits per heavy atom. The number of hydrogen-bond donors (Lipinski definition) is 1. The predicted octanol–water partition coefficient (Wildman–Crippen LogP) is 5.11. The summed E-state index contributed by atoms with van der Waals surface area (Å²) in [5.41, 5.74) is 5.02. The lowest BCUT2D eigenvalue weighted by Gasteiger charge is -2.05. The van der Waals surface area contributed by atoms with Crippen LogP contribution in [0.15, 0.2) is 72.9 Å². The smallest absolute Gasteiger partial charge is 0.248 e. The van der Waals surface area contributed by atoms with E-state index in [1.54, 1.807) is 25.3 Å². The third kappa shape index (κ3) is 4.07. The molecule has 0 aliphatic heterocycles. The van der Waals surface area contributed by atoms with Crippen LogP contribution in [0.1, 0.15) is 11.3 Å². The van der Waals surface area contributed by atoms with Crippen LogP contribution in [0.2, 0.25) is 0 Å². The van der Waals surface area contributed by atoms with Crippen LogP contribution in [0.5, 0.6) is 5.75 Å². The first-order chi connectivity index (χ1) is 14.5. The normalized spacial score (nSPS) is 11.2. The number of nitrogens with zero attached hydrogens (tertiary/aromatic N) is 2. The van der Waals surface area contributed by atoms with Gasteiger partial charge < -0.3 is 14.5 Å². The predicted molar refractivity (Wildman–Crippen MR) is 116 cm³/mol. The van der Waals surface area contributed by atoms with Crippen LogP contribution in [0, 0.1) is 12.7 Å². The number of carbonyl (C=O) groups excluding carboxylic acids is 1. The van der Waals surface area contributed by atoms with Crippen molar-refractivity contribution in [3.05, 3.63) is 90.0 Å². The van der Waals surface area contributed by atoms with Crippen LogP contribution in [0.3, 0.4) is 0 Å². The van der Waals surface area contributed by atoms with Crippen LogP contribution >= 0.6 is 0 Å². The third-order valence-electron chi connectivity index (χ3n) is 4.79. The Labute approximate surface area is 173 Å². The van der Waals surface area contributed by atoms with Gasteiger partial charge in [-0.15, -0.1) is 0 Å². The number of nitrogens with one attached hydrogen (secondary N) is 1. The van der Waals surface area contributed by atoms with E-state index in [-0.39, 0.29) is 11.7 Å². The minimum Gasteiger partial charge on any atom is -0.497 e. The molecular weight excluding hydrogens is 381 g/mol. The van der Waals surface area contributed by atoms with Gasteiger partial charge in [0, 0.05) is 23.5 Å². The molecule has 0 spiro atoms. The Kier molecular flexibility index (Phi) is 5.30. The molecule has 0 bridgehead atoms. The highest BCUT2D eigenvalue weighted by Gasteiger charge is 2.11. The zero-order chi connectivity index (χ0) is 21.1. The second kappa shape index (κ2) is 8.21. The molecule has 0 radical (unpaired) electrons. The molecule has 6 heteroatoms. The second-order valence-corrected chi connectivity index (χ2v) is 6.79. The van der Waals surface area contributed by atoms with E-state index in [1.165, 1.54) is 18.2 Å². The molecule has 2 aromatic heterocycles. The van der Waals surface area contributed by atoms with E-state index in [0.717, 1.165) is 33.9 Å². The highest BCUT2D eigenvalue weighted by Crippen LogP contribution is 2.26. The van der Waals surface area contributed by atoms with E-state index >= 15 is 0 Å². The van der Waals surface area contributed by atoms with Gasteiger partial charge in [0.15, 0.2) is 0 Å². The number of rotatable bonds is 5. The molecule has 4 rings (SSSR count). The summed E-state index contributed by atoms with van der Waals surface area (Å²) in [5, 5.41) is 2.84. The third-order valence-corrected chi connectivity index (χ3v) is 4.79. The van der Waals surface area contributed by atoms with Gasteiger partial charge >= 0.3 is 0 Å². The molecule has 0 aliphatic rings. The first-order valence-electron chi connectivity index (χ1n) is 9.41. The largest absolute Gasteiger partial charge is 0.497 e. The first kappa shape index (κ1) is 19.4. The number of methoxy groups -OCH3 is 1. The Hall–Kier alpha value is -3.93. The number of pyridine rings is 1. The maximum Gasteiger partial charge on any atom is 0.248 e. The number of imidazole rings is 1. The van der Waals surface area contributed by atoms with Crippen LogP contribution in [0.4, 0.5) is 10.1 Å². The molecular formula is C24H20FN3O2. The van der Waals surface area contributed by atoms with Gasteiger partial charge in [0.05, 0.1) is 18.5 Å². The van der Waals surface area contributed by atoms with Crippen molar-refractivity contribution in [2.75, 3.05) is 12.4 Å². The van der Waals surface area contributed by atoms with Crippen LogP contribution in [-0.4, -0.2) is 22.4 Å². The van der Waals surface area contributed by atoms with E-state index in [0.29, 0.717) is 5.69 Å².